The summed E-state index contributed by atoms with van der Waals surface area (Å²) in [7, 11) is -3.44. The SMILES string of the molecule is CCCN(C(=O)Cc1ccc(S(=O)(=O)N2CCCCC2)cc1)C1CCc2ccccc2C1. The largest absolute Gasteiger partial charge is 0.339 e. The number of aryl methyl sites for hydroxylation is 1. The van der Waals surface area contributed by atoms with Crippen LogP contribution in [0.5, 0.6) is 0 Å². The highest BCUT2D eigenvalue weighted by Gasteiger charge is 2.28. The van der Waals surface area contributed by atoms with Crippen LogP contribution >= 0.6 is 0 Å². The van der Waals surface area contributed by atoms with E-state index in [1.165, 1.54) is 11.1 Å². The second-order valence-corrected chi connectivity index (χ2v) is 11.0. The maximum Gasteiger partial charge on any atom is 0.243 e. The van der Waals surface area contributed by atoms with Gasteiger partial charge in [0.15, 0.2) is 0 Å². The Morgan fingerprint density at radius 2 is 1.69 bits per heavy atom. The fourth-order valence-corrected chi connectivity index (χ4v) is 6.52. The number of sulfonamides is 1. The van der Waals surface area contributed by atoms with Crippen LogP contribution in [0.4, 0.5) is 0 Å². The molecular weight excluding hydrogens is 420 g/mol. The highest BCUT2D eigenvalue weighted by atomic mass is 32.2. The van der Waals surface area contributed by atoms with E-state index in [-0.39, 0.29) is 11.9 Å². The predicted octanol–water partition coefficient (Wildman–Crippen LogP) is 4.20. The molecule has 4 rings (SSSR count). The number of fused-ring (bicyclic) bond motifs is 1. The summed E-state index contributed by atoms with van der Waals surface area (Å²) >= 11 is 0. The first-order valence-electron chi connectivity index (χ1n) is 11.9. The molecule has 0 spiro atoms. The molecule has 1 amide bonds. The molecule has 32 heavy (non-hydrogen) atoms. The van der Waals surface area contributed by atoms with Gasteiger partial charge < -0.3 is 4.90 Å². The highest BCUT2D eigenvalue weighted by Crippen LogP contribution is 2.26. The summed E-state index contributed by atoms with van der Waals surface area (Å²) in [6.07, 6.45) is 7.09. The van der Waals surface area contributed by atoms with Gasteiger partial charge in [-0.25, -0.2) is 8.42 Å². The van der Waals surface area contributed by atoms with E-state index < -0.39 is 10.0 Å². The van der Waals surface area contributed by atoms with Gasteiger partial charge >= 0.3 is 0 Å². The topological polar surface area (TPSA) is 57.7 Å². The van der Waals surface area contributed by atoms with E-state index >= 15 is 0 Å². The van der Waals surface area contributed by atoms with Gasteiger partial charge in [0.1, 0.15) is 0 Å². The van der Waals surface area contributed by atoms with Gasteiger partial charge in [0.25, 0.3) is 0 Å². The maximum absolute atomic E-state index is 13.2. The van der Waals surface area contributed by atoms with E-state index in [1.807, 2.05) is 4.90 Å². The van der Waals surface area contributed by atoms with Gasteiger partial charge in [0, 0.05) is 25.7 Å². The first-order valence-corrected chi connectivity index (χ1v) is 13.4. The summed E-state index contributed by atoms with van der Waals surface area (Å²) in [4.78, 5) is 15.6. The van der Waals surface area contributed by atoms with E-state index in [9.17, 15) is 13.2 Å². The van der Waals surface area contributed by atoms with Gasteiger partial charge in [0.05, 0.1) is 11.3 Å². The zero-order chi connectivity index (χ0) is 22.6. The summed E-state index contributed by atoms with van der Waals surface area (Å²) < 4.78 is 27.3. The molecule has 1 heterocycles. The van der Waals surface area contributed by atoms with Crippen LogP contribution in [0.3, 0.4) is 0 Å². The molecule has 0 radical (unpaired) electrons. The molecule has 6 heteroatoms. The van der Waals surface area contributed by atoms with Crippen molar-refractivity contribution in [2.75, 3.05) is 19.6 Å². The predicted molar refractivity (Wildman–Crippen MR) is 127 cm³/mol. The first kappa shape index (κ1) is 23.0. The van der Waals surface area contributed by atoms with Gasteiger partial charge in [-0.05, 0) is 67.3 Å². The van der Waals surface area contributed by atoms with Gasteiger partial charge in [-0.3, -0.25) is 4.79 Å². The molecule has 0 N–H and O–H groups in total. The van der Waals surface area contributed by atoms with Crippen LogP contribution in [0.15, 0.2) is 53.4 Å². The molecule has 5 nitrogen and oxygen atoms in total. The third-order valence-electron chi connectivity index (χ3n) is 6.78. The number of benzene rings is 2. The van der Waals surface area contributed by atoms with Crippen molar-refractivity contribution in [2.24, 2.45) is 0 Å². The van der Waals surface area contributed by atoms with Crippen molar-refractivity contribution in [1.82, 2.24) is 9.21 Å². The smallest absolute Gasteiger partial charge is 0.243 e. The Kier molecular flexibility index (Phi) is 7.31. The average molecular weight is 455 g/mol. The van der Waals surface area contributed by atoms with Crippen molar-refractivity contribution in [3.63, 3.8) is 0 Å². The van der Waals surface area contributed by atoms with Crippen LogP contribution in [0.25, 0.3) is 0 Å². The number of hydrogen-bond donors (Lipinski definition) is 0. The number of hydrogen-bond acceptors (Lipinski definition) is 3. The standard InChI is InChI=1S/C26H34N2O3S/c1-2-16-28(24-13-12-22-8-4-5-9-23(22)20-24)26(29)19-21-10-14-25(15-11-21)32(30,31)27-17-6-3-7-18-27/h4-5,8-11,14-15,24H,2-3,6-7,12-13,16-20H2,1H3. The highest BCUT2D eigenvalue weighted by molar-refractivity contribution is 7.89. The molecule has 0 saturated carbocycles. The third kappa shape index (κ3) is 5.07. The van der Waals surface area contributed by atoms with Crippen molar-refractivity contribution >= 4 is 15.9 Å². The van der Waals surface area contributed by atoms with Crippen LogP contribution in [-0.4, -0.2) is 49.2 Å². The second-order valence-electron chi connectivity index (χ2n) is 9.04. The number of nitrogens with zero attached hydrogens (tertiary/aromatic N) is 2. The lowest BCUT2D eigenvalue weighted by Crippen LogP contribution is -2.44. The van der Waals surface area contributed by atoms with Gasteiger partial charge in [-0.1, -0.05) is 49.7 Å². The summed E-state index contributed by atoms with van der Waals surface area (Å²) in [5.41, 5.74) is 3.62. The van der Waals surface area contributed by atoms with Crippen molar-refractivity contribution < 1.29 is 13.2 Å². The summed E-state index contributed by atoms with van der Waals surface area (Å²) in [6, 6.07) is 15.7. The number of piperidine rings is 1. The lowest BCUT2D eigenvalue weighted by atomic mass is 9.87. The van der Waals surface area contributed by atoms with Gasteiger partial charge in [0.2, 0.25) is 15.9 Å². The minimum atomic E-state index is -3.44. The van der Waals surface area contributed by atoms with Gasteiger partial charge in [-0.15, -0.1) is 0 Å². The first-order chi connectivity index (χ1) is 15.5. The van der Waals surface area contributed by atoms with Crippen molar-refractivity contribution in [3.8, 4) is 0 Å². The van der Waals surface area contributed by atoms with Crippen LogP contribution in [0.1, 0.15) is 55.7 Å². The normalized spacial score (nSPS) is 19.3. The molecule has 1 saturated heterocycles. The lowest BCUT2D eigenvalue weighted by Gasteiger charge is -2.35. The molecule has 2 aliphatic rings. The van der Waals surface area contributed by atoms with Crippen LogP contribution < -0.4 is 0 Å². The second kappa shape index (κ2) is 10.2. The Balaban J connectivity index is 1.44. The van der Waals surface area contributed by atoms with E-state index in [4.69, 9.17) is 0 Å². The Labute approximate surface area is 192 Å². The molecule has 1 atom stereocenters. The Morgan fingerprint density at radius 1 is 1.00 bits per heavy atom. The Morgan fingerprint density at radius 3 is 2.38 bits per heavy atom. The van der Waals surface area contributed by atoms with Crippen molar-refractivity contribution in [2.45, 2.75) is 69.2 Å². The van der Waals surface area contributed by atoms with E-state index in [1.54, 1.807) is 28.6 Å². The zero-order valence-electron chi connectivity index (χ0n) is 19.0. The molecule has 2 aromatic rings. The van der Waals surface area contributed by atoms with E-state index in [0.717, 1.165) is 57.1 Å². The molecule has 2 aromatic carbocycles. The molecule has 1 fully saturated rings. The third-order valence-corrected chi connectivity index (χ3v) is 8.69. The lowest BCUT2D eigenvalue weighted by molar-refractivity contribution is -0.133. The van der Waals surface area contributed by atoms with E-state index in [2.05, 4.69) is 31.2 Å². The zero-order valence-corrected chi connectivity index (χ0v) is 19.8. The Hall–Kier alpha value is -2.18. The van der Waals surface area contributed by atoms with Crippen molar-refractivity contribution in [3.05, 3.63) is 65.2 Å². The summed E-state index contributed by atoms with van der Waals surface area (Å²) in [6.45, 7) is 4.06. The van der Waals surface area contributed by atoms with Crippen molar-refractivity contribution in [1.29, 1.82) is 0 Å². The molecule has 0 bridgehead atoms. The summed E-state index contributed by atoms with van der Waals surface area (Å²) in [5.74, 6) is 0.128. The number of rotatable bonds is 7. The molecule has 172 valence electrons. The fraction of sp³-hybridized carbons (Fsp3) is 0.500. The fourth-order valence-electron chi connectivity index (χ4n) is 5.01. The summed E-state index contributed by atoms with van der Waals surface area (Å²) in [5, 5.41) is 0. The molecule has 0 aromatic heterocycles. The molecule has 1 aliphatic carbocycles. The van der Waals surface area contributed by atoms with E-state index in [0.29, 0.717) is 24.4 Å². The number of carbonyl (C=O) groups is 1. The molecular formula is C26H34N2O3S. The van der Waals surface area contributed by atoms with Crippen LogP contribution in [0, 0.1) is 0 Å². The van der Waals surface area contributed by atoms with Gasteiger partial charge in [-0.2, -0.15) is 4.31 Å². The number of amides is 1. The maximum atomic E-state index is 13.2. The van der Waals surface area contributed by atoms with Crippen LogP contribution in [-0.2, 0) is 34.1 Å². The minimum absolute atomic E-state index is 0.128. The monoisotopic (exact) mass is 454 g/mol. The minimum Gasteiger partial charge on any atom is -0.339 e. The average Bonchev–Trinajstić information content (AvgIpc) is 2.83. The molecule has 1 unspecified atom stereocenters. The number of carbonyl (C=O) groups excluding carboxylic acids is 1. The Bertz CT molecular complexity index is 1030. The quantitative estimate of drug-likeness (QED) is 0.630. The van der Waals surface area contributed by atoms with Crippen LogP contribution in [0.2, 0.25) is 0 Å². The molecule has 1 aliphatic heterocycles.